The molecule has 0 amide bonds. The smallest absolute Gasteiger partial charge is 0.0108 e. The fourth-order valence-corrected chi connectivity index (χ4v) is 2.93. The molecule has 1 atom stereocenters. The molecule has 1 unspecified atom stereocenters. The van der Waals surface area contributed by atoms with Gasteiger partial charge in [-0.25, -0.2) is 0 Å². The number of thiophene rings is 1. The minimum absolute atomic E-state index is 0.677. The Morgan fingerprint density at radius 2 is 2.00 bits per heavy atom. The maximum atomic E-state index is 3.62. The van der Waals surface area contributed by atoms with Crippen LogP contribution in [0.15, 0.2) is 16.8 Å². The molecule has 0 saturated carbocycles. The van der Waals surface area contributed by atoms with Crippen molar-refractivity contribution in [2.24, 2.45) is 0 Å². The van der Waals surface area contributed by atoms with Gasteiger partial charge in [0.15, 0.2) is 0 Å². The molecule has 1 aromatic heterocycles. The first-order valence-corrected chi connectivity index (χ1v) is 8.05. The van der Waals surface area contributed by atoms with Crippen molar-refractivity contribution in [3.63, 3.8) is 0 Å². The van der Waals surface area contributed by atoms with Crippen LogP contribution < -0.4 is 5.32 Å². The van der Waals surface area contributed by atoms with Crippen LogP contribution in [-0.2, 0) is 6.42 Å². The van der Waals surface area contributed by atoms with Crippen molar-refractivity contribution >= 4 is 11.3 Å². The Labute approximate surface area is 111 Å². The largest absolute Gasteiger partial charge is 0.314 e. The zero-order valence-electron chi connectivity index (χ0n) is 11.4. The van der Waals surface area contributed by atoms with Gasteiger partial charge in [-0.15, -0.1) is 0 Å². The van der Waals surface area contributed by atoms with E-state index in [4.69, 9.17) is 0 Å². The van der Waals surface area contributed by atoms with Crippen molar-refractivity contribution in [3.8, 4) is 0 Å². The minimum Gasteiger partial charge on any atom is -0.314 e. The lowest BCUT2D eigenvalue weighted by Gasteiger charge is -2.17. The third-order valence-corrected chi connectivity index (χ3v) is 3.94. The van der Waals surface area contributed by atoms with E-state index in [2.05, 4.69) is 36.0 Å². The Kier molecular flexibility index (Phi) is 8.37. The maximum Gasteiger partial charge on any atom is 0.0108 e. The average molecular weight is 253 g/mol. The molecule has 0 spiro atoms. The molecule has 0 saturated heterocycles. The van der Waals surface area contributed by atoms with E-state index in [0.29, 0.717) is 6.04 Å². The number of hydrogen-bond acceptors (Lipinski definition) is 2. The highest BCUT2D eigenvalue weighted by Crippen LogP contribution is 2.13. The van der Waals surface area contributed by atoms with Crippen LogP contribution in [0.25, 0.3) is 0 Å². The van der Waals surface area contributed by atoms with Gasteiger partial charge in [-0.1, -0.05) is 46.0 Å². The first kappa shape index (κ1) is 14.7. The van der Waals surface area contributed by atoms with Gasteiger partial charge in [0.05, 0.1) is 0 Å². The van der Waals surface area contributed by atoms with E-state index < -0.39 is 0 Å². The number of nitrogens with one attached hydrogen (secondary N) is 1. The van der Waals surface area contributed by atoms with Crippen molar-refractivity contribution in [2.45, 2.75) is 64.8 Å². The molecule has 0 radical (unpaired) electrons. The van der Waals surface area contributed by atoms with E-state index in [1.807, 2.05) is 0 Å². The molecule has 0 aliphatic heterocycles. The molecule has 0 aliphatic rings. The Hall–Kier alpha value is -0.340. The zero-order valence-corrected chi connectivity index (χ0v) is 12.2. The third kappa shape index (κ3) is 6.85. The quantitative estimate of drug-likeness (QED) is 0.600. The normalized spacial score (nSPS) is 12.8. The van der Waals surface area contributed by atoms with Crippen LogP contribution in [-0.4, -0.2) is 12.6 Å². The molecule has 1 rings (SSSR count). The van der Waals surface area contributed by atoms with E-state index in [9.17, 15) is 0 Å². The number of unbranched alkanes of at least 4 members (excludes halogenated alkanes) is 4. The van der Waals surface area contributed by atoms with Gasteiger partial charge in [0.2, 0.25) is 0 Å². The van der Waals surface area contributed by atoms with Gasteiger partial charge in [-0.2, -0.15) is 11.3 Å². The summed E-state index contributed by atoms with van der Waals surface area (Å²) in [4.78, 5) is 0. The standard InChI is InChI=1S/C15H27NS/c1-3-5-6-7-8-9-15(16-4-2)12-14-10-11-17-13-14/h10-11,13,15-16H,3-9,12H2,1-2H3. The van der Waals surface area contributed by atoms with Gasteiger partial charge < -0.3 is 5.32 Å². The highest BCUT2D eigenvalue weighted by molar-refractivity contribution is 7.07. The summed E-state index contributed by atoms with van der Waals surface area (Å²) in [7, 11) is 0. The van der Waals surface area contributed by atoms with Crippen LogP contribution in [0.1, 0.15) is 57.9 Å². The summed E-state index contributed by atoms with van der Waals surface area (Å²) in [5, 5.41) is 8.08. The Morgan fingerprint density at radius 3 is 2.65 bits per heavy atom. The van der Waals surface area contributed by atoms with Crippen molar-refractivity contribution in [3.05, 3.63) is 22.4 Å². The Morgan fingerprint density at radius 1 is 1.18 bits per heavy atom. The topological polar surface area (TPSA) is 12.0 Å². The average Bonchev–Trinajstić information content (AvgIpc) is 2.82. The summed E-state index contributed by atoms with van der Waals surface area (Å²) >= 11 is 1.81. The second-order valence-corrected chi connectivity index (χ2v) is 5.57. The van der Waals surface area contributed by atoms with Crippen LogP contribution in [0.2, 0.25) is 0 Å². The van der Waals surface area contributed by atoms with Crippen molar-refractivity contribution in [1.29, 1.82) is 0 Å². The van der Waals surface area contributed by atoms with Gasteiger partial charge in [0.25, 0.3) is 0 Å². The van der Waals surface area contributed by atoms with Crippen molar-refractivity contribution < 1.29 is 0 Å². The monoisotopic (exact) mass is 253 g/mol. The SMILES string of the molecule is CCCCCCCC(Cc1ccsc1)NCC. The summed E-state index contributed by atoms with van der Waals surface area (Å²) < 4.78 is 0. The summed E-state index contributed by atoms with van der Waals surface area (Å²) in [5.41, 5.74) is 1.49. The molecule has 1 nitrogen and oxygen atoms in total. The Bertz CT molecular complexity index is 256. The number of likely N-dealkylation sites (N-methyl/N-ethyl adjacent to an activating group) is 1. The molecule has 0 bridgehead atoms. The molecule has 2 heteroatoms. The first-order valence-electron chi connectivity index (χ1n) is 7.11. The lowest BCUT2D eigenvalue weighted by atomic mass is 10.0. The van der Waals surface area contributed by atoms with Gasteiger partial charge in [0, 0.05) is 6.04 Å². The van der Waals surface area contributed by atoms with E-state index in [1.54, 1.807) is 11.3 Å². The fourth-order valence-electron chi connectivity index (χ4n) is 2.25. The van der Waals surface area contributed by atoms with E-state index in [-0.39, 0.29) is 0 Å². The summed E-state index contributed by atoms with van der Waals surface area (Å²) in [5.74, 6) is 0. The fraction of sp³-hybridized carbons (Fsp3) is 0.733. The third-order valence-electron chi connectivity index (χ3n) is 3.21. The molecule has 0 aromatic carbocycles. The summed E-state index contributed by atoms with van der Waals surface area (Å²) in [6, 6.07) is 2.93. The molecule has 0 aliphatic carbocycles. The van der Waals surface area contributed by atoms with Crippen LogP contribution in [0.3, 0.4) is 0 Å². The number of hydrogen-bond donors (Lipinski definition) is 1. The van der Waals surface area contributed by atoms with Gasteiger partial charge in [-0.05, 0) is 41.8 Å². The van der Waals surface area contributed by atoms with E-state index in [1.165, 1.54) is 50.5 Å². The molecule has 1 N–H and O–H groups in total. The van der Waals surface area contributed by atoms with E-state index >= 15 is 0 Å². The number of rotatable bonds is 10. The molecule has 98 valence electrons. The van der Waals surface area contributed by atoms with Gasteiger partial charge in [0.1, 0.15) is 0 Å². The maximum absolute atomic E-state index is 3.62. The van der Waals surface area contributed by atoms with Crippen molar-refractivity contribution in [1.82, 2.24) is 5.32 Å². The van der Waals surface area contributed by atoms with Gasteiger partial charge >= 0.3 is 0 Å². The molecule has 17 heavy (non-hydrogen) atoms. The second kappa shape index (κ2) is 9.67. The lowest BCUT2D eigenvalue weighted by Crippen LogP contribution is -2.30. The predicted octanol–water partition coefficient (Wildman–Crippen LogP) is 4.63. The predicted molar refractivity (Wildman–Crippen MR) is 78.9 cm³/mol. The highest BCUT2D eigenvalue weighted by atomic mass is 32.1. The van der Waals surface area contributed by atoms with Crippen LogP contribution in [0, 0.1) is 0 Å². The molecular formula is C15H27NS. The Balaban J connectivity index is 2.18. The zero-order chi connectivity index (χ0) is 12.3. The first-order chi connectivity index (χ1) is 8.36. The highest BCUT2D eigenvalue weighted by Gasteiger charge is 2.08. The van der Waals surface area contributed by atoms with Crippen molar-refractivity contribution in [2.75, 3.05) is 6.54 Å². The lowest BCUT2D eigenvalue weighted by molar-refractivity contribution is 0.461. The van der Waals surface area contributed by atoms with E-state index in [0.717, 1.165) is 6.54 Å². The molecular weight excluding hydrogens is 226 g/mol. The van der Waals surface area contributed by atoms with Gasteiger partial charge in [-0.3, -0.25) is 0 Å². The minimum atomic E-state index is 0.677. The van der Waals surface area contributed by atoms with Crippen LogP contribution in [0.5, 0.6) is 0 Å². The van der Waals surface area contributed by atoms with Crippen LogP contribution in [0.4, 0.5) is 0 Å². The summed E-state index contributed by atoms with van der Waals surface area (Å²) in [6.45, 7) is 5.57. The second-order valence-electron chi connectivity index (χ2n) is 4.79. The summed E-state index contributed by atoms with van der Waals surface area (Å²) in [6.07, 6.45) is 9.45. The molecule has 1 heterocycles. The van der Waals surface area contributed by atoms with Crippen LogP contribution >= 0.6 is 11.3 Å². The molecule has 0 fully saturated rings. The molecule has 1 aromatic rings.